The molecule has 0 unspecified atom stereocenters. The molecule has 0 N–H and O–H groups in total. The van der Waals surface area contributed by atoms with Crippen LogP contribution in [0.1, 0.15) is 0 Å². The number of hydrogen-bond donors (Lipinski definition) is 0. The van der Waals surface area contributed by atoms with Gasteiger partial charge in [0.05, 0.1) is 0 Å². The first-order valence-corrected chi connectivity index (χ1v) is 15.3. The summed E-state index contributed by atoms with van der Waals surface area (Å²) in [7, 11) is 0. The van der Waals surface area contributed by atoms with Gasteiger partial charge in [-0.05, 0) is 93.0 Å². The van der Waals surface area contributed by atoms with E-state index >= 15 is 0 Å². The molecule has 45 heavy (non-hydrogen) atoms. The van der Waals surface area contributed by atoms with Gasteiger partial charge in [-0.25, -0.2) is 0 Å². The highest BCUT2D eigenvalue weighted by Gasteiger charge is 2.18. The molecule has 210 valence electrons. The van der Waals surface area contributed by atoms with Crippen molar-refractivity contribution < 1.29 is 8.83 Å². The van der Waals surface area contributed by atoms with Crippen molar-refractivity contribution in [1.82, 2.24) is 0 Å². The Morgan fingerprint density at radius 1 is 0.289 bits per heavy atom. The summed E-state index contributed by atoms with van der Waals surface area (Å²) in [5.74, 6) is 0. The Hall–Kier alpha value is -6.06. The van der Waals surface area contributed by atoms with E-state index in [9.17, 15) is 0 Å². The zero-order valence-electron chi connectivity index (χ0n) is 24.2. The molecular formula is C42H25NO2. The van der Waals surface area contributed by atoms with Crippen LogP contribution in [0.5, 0.6) is 0 Å². The van der Waals surface area contributed by atoms with E-state index in [1.807, 2.05) is 24.3 Å². The summed E-state index contributed by atoms with van der Waals surface area (Å²) in [6.07, 6.45) is 0. The van der Waals surface area contributed by atoms with Crippen molar-refractivity contribution in [3.8, 4) is 0 Å². The molecule has 3 nitrogen and oxygen atoms in total. The zero-order valence-corrected chi connectivity index (χ0v) is 24.2. The largest absolute Gasteiger partial charge is 0.456 e. The van der Waals surface area contributed by atoms with E-state index < -0.39 is 0 Å². The van der Waals surface area contributed by atoms with E-state index in [1.54, 1.807) is 0 Å². The van der Waals surface area contributed by atoms with Crippen LogP contribution < -0.4 is 4.90 Å². The van der Waals surface area contributed by atoms with Crippen molar-refractivity contribution in [2.75, 3.05) is 4.90 Å². The normalized spacial score (nSPS) is 12.0. The van der Waals surface area contributed by atoms with Gasteiger partial charge in [0, 0.05) is 38.6 Å². The van der Waals surface area contributed by atoms with Gasteiger partial charge in [0.1, 0.15) is 22.3 Å². The number of furan rings is 2. The van der Waals surface area contributed by atoms with Gasteiger partial charge in [-0.15, -0.1) is 0 Å². The highest BCUT2D eigenvalue weighted by Crippen LogP contribution is 2.42. The Kier molecular flexibility index (Phi) is 5.00. The summed E-state index contributed by atoms with van der Waals surface area (Å²) in [5, 5.41) is 12.0. The molecule has 0 saturated carbocycles. The average molecular weight is 576 g/mol. The minimum atomic E-state index is 0.883. The van der Waals surface area contributed by atoms with Crippen LogP contribution in [0.3, 0.4) is 0 Å². The average Bonchev–Trinajstić information content (AvgIpc) is 3.66. The number of fused-ring (bicyclic) bond motifs is 11. The topological polar surface area (TPSA) is 29.5 Å². The zero-order chi connectivity index (χ0) is 29.5. The highest BCUT2D eigenvalue weighted by molar-refractivity contribution is 6.18. The third kappa shape index (κ3) is 3.65. The molecule has 0 saturated heterocycles. The number of para-hydroxylation sites is 2. The first kappa shape index (κ1) is 24.4. The molecule has 10 rings (SSSR count). The smallest absolute Gasteiger partial charge is 0.135 e. The molecule has 3 heteroatoms. The van der Waals surface area contributed by atoms with Gasteiger partial charge < -0.3 is 13.7 Å². The molecule has 10 aromatic rings. The predicted octanol–water partition coefficient (Wildman–Crippen LogP) is 12.4. The van der Waals surface area contributed by atoms with Crippen LogP contribution in [0.4, 0.5) is 17.1 Å². The molecule has 0 bridgehead atoms. The number of benzene rings is 8. The fraction of sp³-hybridized carbons (Fsp3) is 0. The quantitative estimate of drug-likeness (QED) is 0.196. The lowest BCUT2D eigenvalue weighted by Crippen LogP contribution is -2.09. The summed E-state index contributed by atoms with van der Waals surface area (Å²) in [5.41, 5.74) is 6.77. The first-order chi connectivity index (χ1) is 22.3. The molecule has 8 aromatic carbocycles. The van der Waals surface area contributed by atoms with Crippen molar-refractivity contribution in [3.63, 3.8) is 0 Å². The second kappa shape index (κ2) is 9.22. The van der Waals surface area contributed by atoms with E-state index in [1.165, 1.54) is 32.3 Å². The van der Waals surface area contributed by atoms with E-state index in [4.69, 9.17) is 8.83 Å². The minimum Gasteiger partial charge on any atom is -0.456 e. The third-order valence-corrected chi connectivity index (χ3v) is 9.22. The number of anilines is 3. The van der Waals surface area contributed by atoms with Gasteiger partial charge in [-0.1, -0.05) is 91.0 Å². The Labute approximate surface area is 258 Å². The second-order valence-corrected chi connectivity index (χ2v) is 11.7. The lowest BCUT2D eigenvalue weighted by atomic mass is 9.96. The summed E-state index contributed by atoms with van der Waals surface area (Å²) in [4.78, 5) is 2.34. The van der Waals surface area contributed by atoms with Crippen molar-refractivity contribution in [3.05, 3.63) is 152 Å². The summed E-state index contributed by atoms with van der Waals surface area (Å²) >= 11 is 0. The van der Waals surface area contributed by atoms with Crippen LogP contribution in [0.15, 0.2) is 160 Å². The lowest BCUT2D eigenvalue weighted by Gasteiger charge is -2.26. The van der Waals surface area contributed by atoms with Crippen LogP contribution in [-0.4, -0.2) is 0 Å². The molecule has 0 amide bonds. The molecule has 2 heterocycles. The van der Waals surface area contributed by atoms with Crippen LogP contribution in [-0.2, 0) is 0 Å². The van der Waals surface area contributed by atoms with Gasteiger partial charge >= 0.3 is 0 Å². The second-order valence-electron chi connectivity index (χ2n) is 11.7. The van der Waals surface area contributed by atoms with Crippen LogP contribution in [0.2, 0.25) is 0 Å². The number of hydrogen-bond acceptors (Lipinski definition) is 3. The van der Waals surface area contributed by atoms with Gasteiger partial charge in [0.2, 0.25) is 0 Å². The fourth-order valence-electron chi connectivity index (χ4n) is 7.11. The first-order valence-electron chi connectivity index (χ1n) is 15.3. The number of nitrogens with zero attached hydrogens (tertiary/aromatic N) is 1. The SMILES string of the molecule is c1ccc2c(c1)ccc1c3ccc(N(c4ccc5oc6ccccc6c5c4)c4ccc5oc6ccccc6c5c4)cc3ccc21. The van der Waals surface area contributed by atoms with Gasteiger partial charge in [-0.2, -0.15) is 0 Å². The van der Waals surface area contributed by atoms with Crippen molar-refractivity contribution in [2.24, 2.45) is 0 Å². The summed E-state index contributed by atoms with van der Waals surface area (Å²) in [6, 6.07) is 53.9. The Morgan fingerprint density at radius 2 is 0.733 bits per heavy atom. The molecule has 0 aliphatic carbocycles. The fourth-order valence-corrected chi connectivity index (χ4v) is 7.11. The maximum Gasteiger partial charge on any atom is 0.135 e. The van der Waals surface area contributed by atoms with Crippen molar-refractivity contribution in [1.29, 1.82) is 0 Å². The molecule has 0 spiro atoms. The lowest BCUT2D eigenvalue weighted by molar-refractivity contribution is 0.668. The van der Waals surface area contributed by atoms with Gasteiger partial charge in [0.15, 0.2) is 0 Å². The van der Waals surface area contributed by atoms with Crippen LogP contribution >= 0.6 is 0 Å². The standard InChI is InChI=1S/C42H25NO2/c1-2-8-31-26(7-1)13-18-34-32-20-15-28(23-27(32)14-19-33(31)34)43(29-16-21-41-37(24-29)35-9-3-5-11-39(35)44-41)30-17-22-42-38(25-30)36-10-4-6-12-40(36)45-42/h1-25H. The van der Waals surface area contributed by atoms with Gasteiger partial charge in [0.25, 0.3) is 0 Å². The maximum atomic E-state index is 6.19. The van der Waals surface area contributed by atoms with Crippen molar-refractivity contribution >= 4 is 93.3 Å². The molecule has 0 aliphatic rings. The third-order valence-electron chi connectivity index (χ3n) is 9.22. The van der Waals surface area contributed by atoms with E-state index in [0.717, 1.165) is 60.9 Å². The Morgan fingerprint density at radius 3 is 1.38 bits per heavy atom. The molecule has 2 aromatic heterocycles. The number of rotatable bonds is 3. The predicted molar refractivity (Wildman–Crippen MR) is 188 cm³/mol. The monoisotopic (exact) mass is 575 g/mol. The summed E-state index contributed by atoms with van der Waals surface area (Å²) < 4.78 is 12.4. The van der Waals surface area contributed by atoms with Crippen molar-refractivity contribution in [2.45, 2.75) is 0 Å². The molecule has 0 atom stereocenters. The highest BCUT2D eigenvalue weighted by atomic mass is 16.3. The van der Waals surface area contributed by atoms with E-state index in [-0.39, 0.29) is 0 Å². The van der Waals surface area contributed by atoms with E-state index in [2.05, 4.69) is 132 Å². The Bertz CT molecular complexity index is 2670. The molecule has 0 radical (unpaired) electrons. The molecule has 0 aliphatic heterocycles. The Balaban J connectivity index is 1.22. The van der Waals surface area contributed by atoms with Gasteiger partial charge in [-0.3, -0.25) is 0 Å². The minimum absolute atomic E-state index is 0.883. The van der Waals surface area contributed by atoms with E-state index in [0.29, 0.717) is 0 Å². The molecule has 0 fully saturated rings. The molecular weight excluding hydrogens is 550 g/mol. The summed E-state index contributed by atoms with van der Waals surface area (Å²) in [6.45, 7) is 0. The maximum absolute atomic E-state index is 6.19. The van der Waals surface area contributed by atoms with Crippen LogP contribution in [0, 0.1) is 0 Å². The van der Waals surface area contributed by atoms with Crippen LogP contribution in [0.25, 0.3) is 76.2 Å².